The van der Waals surface area contributed by atoms with E-state index in [1.165, 1.54) is 0 Å². The number of aromatic nitrogens is 1. The third kappa shape index (κ3) is 3.86. The molecule has 0 fully saturated rings. The van der Waals surface area contributed by atoms with Crippen molar-refractivity contribution in [1.29, 1.82) is 0 Å². The summed E-state index contributed by atoms with van der Waals surface area (Å²) < 4.78 is 14.2. The summed E-state index contributed by atoms with van der Waals surface area (Å²) in [4.78, 5) is 2.11. The maximum absolute atomic E-state index is 6.01. The van der Waals surface area contributed by atoms with Gasteiger partial charge in [-0.05, 0) is 11.6 Å². The molecule has 1 aromatic heterocycles. The van der Waals surface area contributed by atoms with Crippen molar-refractivity contribution in [2.24, 2.45) is 0 Å². The van der Waals surface area contributed by atoms with E-state index in [0.29, 0.717) is 0 Å². The van der Waals surface area contributed by atoms with E-state index in [-0.39, 0.29) is 17.0 Å². The lowest BCUT2D eigenvalue weighted by Gasteiger charge is -2.19. The van der Waals surface area contributed by atoms with E-state index in [2.05, 4.69) is 90.3 Å². The largest absolute Gasteiger partial charge is 1.00 e. The first-order chi connectivity index (χ1) is 16.1. The van der Waals surface area contributed by atoms with Crippen molar-refractivity contribution in [2.75, 3.05) is 33.2 Å². The molecule has 0 N–H and O–H groups in total. The molecule has 5 rings (SSSR count). The molecule has 172 valence electrons. The number of fused-ring (bicyclic) bond motifs is 2. The fourth-order valence-corrected chi connectivity index (χ4v) is 4.56. The first kappa shape index (κ1) is 23.6. The number of methoxy groups -OCH3 is 2. The second-order valence-electron chi connectivity index (χ2n) is 8.20. The van der Waals surface area contributed by atoms with Crippen molar-refractivity contribution in [3.63, 3.8) is 0 Å². The molecule has 5 heteroatoms. The van der Waals surface area contributed by atoms with Crippen molar-refractivity contribution in [1.82, 2.24) is 0 Å². The summed E-state index contributed by atoms with van der Waals surface area (Å²) in [6, 6.07) is 31.5. The molecule has 0 amide bonds. The van der Waals surface area contributed by atoms with Gasteiger partial charge in [-0.25, -0.2) is 0 Å². The number of anilines is 1. The van der Waals surface area contributed by atoms with Crippen LogP contribution < -0.4 is 35.9 Å². The molecule has 0 atom stereocenters. The molecule has 0 aliphatic carbocycles. The summed E-state index contributed by atoms with van der Waals surface area (Å²) in [7, 11) is 7.57. The minimum atomic E-state index is 0. The number of hydrogen-bond acceptors (Lipinski definition) is 3. The molecule has 34 heavy (non-hydrogen) atoms. The molecule has 4 nitrogen and oxygen atoms in total. The predicted octanol–water partition coefficient (Wildman–Crippen LogP) is 3.02. The van der Waals surface area contributed by atoms with Crippen LogP contribution in [-0.2, 0) is 0 Å². The van der Waals surface area contributed by atoms with Crippen molar-refractivity contribution >= 4 is 27.5 Å². The molecule has 0 bridgehead atoms. The van der Waals surface area contributed by atoms with Crippen LogP contribution in [0, 0.1) is 0 Å². The average Bonchev–Trinajstić information content (AvgIpc) is 2.87. The molecule has 0 radical (unpaired) electrons. The third-order valence-corrected chi connectivity index (χ3v) is 6.09. The van der Waals surface area contributed by atoms with Gasteiger partial charge in [0.1, 0.15) is 11.5 Å². The average molecular weight is 515 g/mol. The lowest BCUT2D eigenvalue weighted by Crippen LogP contribution is -3.00. The first-order valence-electron chi connectivity index (χ1n) is 11.0. The number of benzene rings is 4. The van der Waals surface area contributed by atoms with Gasteiger partial charge in [0.2, 0.25) is 16.7 Å². The van der Waals surface area contributed by atoms with Gasteiger partial charge in [0.15, 0.2) is 0 Å². The summed E-state index contributed by atoms with van der Waals surface area (Å²) in [6.07, 6.45) is 0. The van der Waals surface area contributed by atoms with Crippen molar-refractivity contribution < 1.29 is 31.0 Å². The Morgan fingerprint density at radius 3 is 1.88 bits per heavy atom. The van der Waals surface area contributed by atoms with Crippen LogP contribution in [0.3, 0.4) is 0 Å². The van der Waals surface area contributed by atoms with Crippen LogP contribution in [0.1, 0.15) is 0 Å². The Balaban J connectivity index is 0.00000274. The fourth-order valence-electron chi connectivity index (χ4n) is 4.56. The second kappa shape index (κ2) is 9.74. The highest BCUT2D eigenvalue weighted by Gasteiger charge is 2.28. The summed E-state index contributed by atoms with van der Waals surface area (Å²) in [5, 5.41) is 2.11. The summed E-state index contributed by atoms with van der Waals surface area (Å²) in [6.45, 7) is 0. The fraction of sp³-hybridized carbons (Fsp3) is 0.138. The standard InChI is InChI=1S/C29H27N2O2.BrH/c1-30(2)22-18-24-29(26(19-22)33-4)27(20-12-7-5-8-13-20)28-23(16-11-17-25(28)32-3)31(24)21-14-9-6-10-15-21;/h5-19H,1-4H3;1H/q+1;/p-1. The molecule has 5 aromatic rings. The zero-order valence-electron chi connectivity index (χ0n) is 19.7. The number of ether oxygens (including phenoxy) is 2. The van der Waals surface area contributed by atoms with E-state index in [1.807, 2.05) is 24.3 Å². The maximum atomic E-state index is 6.01. The van der Waals surface area contributed by atoms with E-state index >= 15 is 0 Å². The SMILES string of the molecule is COc1cccc2c1c(-c1ccccc1)c1c(OC)cc(N(C)C)cc1[n+]2-c1ccccc1.[Br-]. The molecular weight excluding hydrogens is 488 g/mol. The van der Waals surface area contributed by atoms with Crippen LogP contribution in [0.25, 0.3) is 38.6 Å². The predicted molar refractivity (Wildman–Crippen MR) is 136 cm³/mol. The molecular formula is C29H27BrN2O2. The Bertz CT molecular complexity index is 1450. The Morgan fingerprint density at radius 1 is 0.647 bits per heavy atom. The van der Waals surface area contributed by atoms with Crippen molar-refractivity contribution in [3.05, 3.63) is 91.0 Å². The lowest BCUT2D eigenvalue weighted by atomic mass is 9.94. The van der Waals surface area contributed by atoms with E-state index in [1.54, 1.807) is 14.2 Å². The molecule has 0 aliphatic heterocycles. The van der Waals surface area contributed by atoms with Gasteiger partial charge in [0, 0.05) is 55.7 Å². The smallest absolute Gasteiger partial charge is 0.225 e. The molecule has 0 spiro atoms. The molecule has 1 heterocycles. The molecule has 0 aliphatic rings. The van der Waals surface area contributed by atoms with Crippen LogP contribution in [0.2, 0.25) is 0 Å². The zero-order chi connectivity index (χ0) is 22.9. The van der Waals surface area contributed by atoms with Crippen molar-refractivity contribution in [2.45, 2.75) is 0 Å². The number of rotatable bonds is 5. The summed E-state index contributed by atoms with van der Waals surface area (Å²) in [5.74, 6) is 1.66. The van der Waals surface area contributed by atoms with Crippen LogP contribution in [-0.4, -0.2) is 28.3 Å². The van der Waals surface area contributed by atoms with Crippen LogP contribution in [0.15, 0.2) is 91.0 Å². The zero-order valence-corrected chi connectivity index (χ0v) is 21.3. The van der Waals surface area contributed by atoms with Gasteiger partial charge in [0.25, 0.3) is 0 Å². The molecule has 4 aromatic carbocycles. The minimum Gasteiger partial charge on any atom is -1.00 e. The number of nitrogens with zero attached hydrogens (tertiary/aromatic N) is 2. The summed E-state index contributed by atoms with van der Waals surface area (Å²) >= 11 is 0. The lowest BCUT2D eigenvalue weighted by molar-refractivity contribution is -0.537. The van der Waals surface area contributed by atoms with Gasteiger partial charge >= 0.3 is 0 Å². The second-order valence-corrected chi connectivity index (χ2v) is 8.20. The monoisotopic (exact) mass is 514 g/mol. The Kier molecular flexibility index (Phi) is 6.75. The Hall–Kier alpha value is -3.57. The summed E-state index contributed by atoms with van der Waals surface area (Å²) in [5.41, 5.74) is 6.53. The van der Waals surface area contributed by atoms with Crippen LogP contribution in [0.5, 0.6) is 11.5 Å². The quantitative estimate of drug-likeness (QED) is 0.266. The number of hydrogen-bond donors (Lipinski definition) is 0. The highest BCUT2D eigenvalue weighted by Crippen LogP contribution is 2.44. The van der Waals surface area contributed by atoms with Gasteiger partial charge in [-0.2, -0.15) is 4.57 Å². The van der Waals surface area contributed by atoms with Gasteiger partial charge in [-0.3, -0.25) is 0 Å². The maximum Gasteiger partial charge on any atom is 0.225 e. The Morgan fingerprint density at radius 2 is 1.26 bits per heavy atom. The van der Waals surface area contributed by atoms with Gasteiger partial charge < -0.3 is 31.4 Å². The number of halogens is 1. The Labute approximate surface area is 210 Å². The molecule has 0 saturated heterocycles. The van der Waals surface area contributed by atoms with Crippen molar-refractivity contribution in [3.8, 4) is 28.3 Å². The van der Waals surface area contributed by atoms with Gasteiger partial charge in [0.05, 0.1) is 25.0 Å². The highest BCUT2D eigenvalue weighted by molar-refractivity contribution is 6.12. The third-order valence-electron chi connectivity index (χ3n) is 6.09. The minimum absolute atomic E-state index is 0. The van der Waals surface area contributed by atoms with E-state index < -0.39 is 0 Å². The molecule has 0 unspecified atom stereocenters. The van der Waals surface area contributed by atoms with E-state index in [0.717, 1.165) is 55.8 Å². The number of pyridine rings is 1. The van der Waals surface area contributed by atoms with Gasteiger partial charge in [-0.1, -0.05) is 54.6 Å². The van der Waals surface area contributed by atoms with E-state index in [4.69, 9.17) is 9.47 Å². The first-order valence-corrected chi connectivity index (χ1v) is 11.0. The topological polar surface area (TPSA) is 25.6 Å². The van der Waals surface area contributed by atoms with Gasteiger partial charge in [-0.15, -0.1) is 0 Å². The van der Waals surface area contributed by atoms with Crippen LogP contribution in [0.4, 0.5) is 5.69 Å². The normalized spacial score (nSPS) is 10.7. The van der Waals surface area contributed by atoms with E-state index in [9.17, 15) is 0 Å². The van der Waals surface area contributed by atoms with Crippen LogP contribution >= 0.6 is 0 Å². The molecule has 0 saturated carbocycles. The number of para-hydroxylation sites is 1. The highest BCUT2D eigenvalue weighted by atomic mass is 79.9.